The fourth-order valence-electron chi connectivity index (χ4n) is 3.00. The third kappa shape index (κ3) is 3.31. The standard InChI is InChI=1S/C18H18N2O5/c1-2-25-18(24)17-16-13(4-3-5-14(16)21)20(19-17)12-8-6-11(7-9-12)10-15(22)23/h6-9H,2-5,10H2,1H3,(H,22,23). The molecule has 1 aromatic heterocycles. The molecular weight excluding hydrogens is 324 g/mol. The zero-order valence-electron chi connectivity index (χ0n) is 13.8. The minimum atomic E-state index is -0.903. The Hall–Kier alpha value is -2.96. The van der Waals surface area contributed by atoms with Crippen molar-refractivity contribution in [3.63, 3.8) is 0 Å². The van der Waals surface area contributed by atoms with Crippen LogP contribution in [0.1, 0.15) is 51.9 Å². The molecule has 0 atom stereocenters. The van der Waals surface area contributed by atoms with E-state index in [9.17, 15) is 14.4 Å². The summed E-state index contributed by atoms with van der Waals surface area (Å²) in [5.74, 6) is -1.60. The number of carbonyl (C=O) groups is 3. The first kappa shape index (κ1) is 16.9. The van der Waals surface area contributed by atoms with Gasteiger partial charge in [-0.1, -0.05) is 12.1 Å². The highest BCUT2D eigenvalue weighted by molar-refractivity contribution is 6.07. The highest BCUT2D eigenvalue weighted by atomic mass is 16.5. The van der Waals surface area contributed by atoms with Crippen molar-refractivity contribution in [3.05, 3.63) is 46.8 Å². The molecular formula is C18H18N2O5. The number of carboxylic acids is 1. The molecule has 0 saturated carbocycles. The number of esters is 1. The number of hydrogen-bond donors (Lipinski definition) is 1. The Balaban J connectivity index is 2.04. The van der Waals surface area contributed by atoms with E-state index in [4.69, 9.17) is 9.84 Å². The summed E-state index contributed by atoms with van der Waals surface area (Å²) >= 11 is 0. The van der Waals surface area contributed by atoms with Crippen molar-refractivity contribution in [3.8, 4) is 5.69 Å². The molecule has 1 aromatic carbocycles. The summed E-state index contributed by atoms with van der Waals surface area (Å²) in [7, 11) is 0. The molecule has 0 aliphatic heterocycles. The van der Waals surface area contributed by atoms with Crippen molar-refractivity contribution in [2.45, 2.75) is 32.6 Å². The van der Waals surface area contributed by atoms with Crippen molar-refractivity contribution in [2.24, 2.45) is 0 Å². The molecule has 0 fully saturated rings. The van der Waals surface area contributed by atoms with Gasteiger partial charge in [0, 0.05) is 6.42 Å². The average molecular weight is 342 g/mol. The van der Waals surface area contributed by atoms with Crippen LogP contribution in [0.25, 0.3) is 5.69 Å². The number of hydrogen-bond acceptors (Lipinski definition) is 5. The molecule has 7 nitrogen and oxygen atoms in total. The average Bonchev–Trinajstić information content (AvgIpc) is 2.96. The second-order valence-electron chi connectivity index (χ2n) is 5.82. The summed E-state index contributed by atoms with van der Waals surface area (Å²) in [6, 6.07) is 6.87. The van der Waals surface area contributed by atoms with Gasteiger partial charge in [-0.25, -0.2) is 9.48 Å². The zero-order valence-corrected chi connectivity index (χ0v) is 13.8. The van der Waals surface area contributed by atoms with Gasteiger partial charge in [-0.3, -0.25) is 9.59 Å². The van der Waals surface area contributed by atoms with Gasteiger partial charge in [0.05, 0.1) is 30.0 Å². The van der Waals surface area contributed by atoms with E-state index in [1.165, 1.54) is 0 Å². The first-order valence-corrected chi connectivity index (χ1v) is 8.14. The SMILES string of the molecule is CCOC(=O)c1nn(-c2ccc(CC(=O)O)cc2)c2c1C(=O)CCC2. The Bertz CT molecular complexity index is 836. The van der Waals surface area contributed by atoms with Gasteiger partial charge in [0.2, 0.25) is 0 Å². The van der Waals surface area contributed by atoms with Crippen LogP contribution in [-0.4, -0.2) is 39.2 Å². The molecule has 7 heteroatoms. The number of ether oxygens (including phenoxy) is 1. The lowest BCUT2D eigenvalue weighted by molar-refractivity contribution is -0.136. The predicted octanol–water partition coefficient (Wildman–Crippen LogP) is 2.20. The van der Waals surface area contributed by atoms with E-state index in [1.54, 1.807) is 35.9 Å². The molecule has 0 spiro atoms. The zero-order chi connectivity index (χ0) is 18.0. The van der Waals surface area contributed by atoms with Crippen molar-refractivity contribution in [1.82, 2.24) is 9.78 Å². The number of ketones is 1. The Morgan fingerprint density at radius 3 is 2.60 bits per heavy atom. The number of fused-ring (bicyclic) bond motifs is 1. The third-order valence-electron chi connectivity index (χ3n) is 4.08. The van der Waals surface area contributed by atoms with Crippen molar-refractivity contribution < 1.29 is 24.2 Å². The Labute approximate surface area is 144 Å². The molecule has 0 bridgehead atoms. The topological polar surface area (TPSA) is 98.5 Å². The van der Waals surface area contributed by atoms with Crippen LogP contribution in [0.2, 0.25) is 0 Å². The Kier molecular flexibility index (Phi) is 4.65. The third-order valence-corrected chi connectivity index (χ3v) is 4.08. The fraction of sp³-hybridized carbons (Fsp3) is 0.333. The molecule has 1 aliphatic carbocycles. The first-order valence-electron chi connectivity index (χ1n) is 8.14. The van der Waals surface area contributed by atoms with E-state index in [0.717, 1.165) is 0 Å². The van der Waals surface area contributed by atoms with E-state index < -0.39 is 11.9 Å². The van der Waals surface area contributed by atoms with Gasteiger partial charge in [0.25, 0.3) is 0 Å². The molecule has 1 aliphatic rings. The number of Topliss-reactive ketones (excluding diaryl/α,β-unsaturated/α-hetero) is 1. The highest BCUT2D eigenvalue weighted by Crippen LogP contribution is 2.27. The fourth-order valence-corrected chi connectivity index (χ4v) is 3.00. The molecule has 0 radical (unpaired) electrons. The number of aromatic nitrogens is 2. The van der Waals surface area contributed by atoms with Gasteiger partial charge >= 0.3 is 11.9 Å². The van der Waals surface area contributed by atoms with E-state index in [-0.39, 0.29) is 24.5 Å². The predicted molar refractivity (Wildman–Crippen MR) is 88.1 cm³/mol. The summed E-state index contributed by atoms with van der Waals surface area (Å²) in [6.45, 7) is 1.91. The van der Waals surface area contributed by atoms with E-state index >= 15 is 0 Å². The van der Waals surface area contributed by atoms with Crippen molar-refractivity contribution in [1.29, 1.82) is 0 Å². The van der Waals surface area contributed by atoms with Crippen LogP contribution in [0.5, 0.6) is 0 Å². The summed E-state index contributed by atoms with van der Waals surface area (Å²) in [5, 5.41) is 13.2. The van der Waals surface area contributed by atoms with Gasteiger partial charge in [-0.15, -0.1) is 0 Å². The van der Waals surface area contributed by atoms with E-state index in [2.05, 4.69) is 5.10 Å². The minimum Gasteiger partial charge on any atom is -0.481 e. The normalized spacial score (nSPS) is 13.4. The van der Waals surface area contributed by atoms with Crippen LogP contribution in [0.3, 0.4) is 0 Å². The lowest BCUT2D eigenvalue weighted by Crippen LogP contribution is -2.15. The van der Waals surface area contributed by atoms with Crippen molar-refractivity contribution >= 4 is 17.7 Å². The number of carbonyl (C=O) groups excluding carboxylic acids is 2. The highest BCUT2D eigenvalue weighted by Gasteiger charge is 2.31. The maximum Gasteiger partial charge on any atom is 0.359 e. The summed E-state index contributed by atoms with van der Waals surface area (Å²) in [4.78, 5) is 35.3. The molecule has 0 unspecified atom stereocenters. The minimum absolute atomic E-state index is 0.0520. The van der Waals surface area contributed by atoms with Gasteiger partial charge < -0.3 is 9.84 Å². The van der Waals surface area contributed by atoms with Crippen LogP contribution in [0.15, 0.2) is 24.3 Å². The first-order chi connectivity index (χ1) is 12.0. The van der Waals surface area contributed by atoms with Gasteiger partial charge in [0.1, 0.15) is 0 Å². The van der Waals surface area contributed by atoms with Crippen LogP contribution in [0.4, 0.5) is 0 Å². The van der Waals surface area contributed by atoms with Crippen LogP contribution in [0, 0.1) is 0 Å². The van der Waals surface area contributed by atoms with Crippen LogP contribution >= 0.6 is 0 Å². The number of aliphatic carboxylic acids is 1. The lowest BCUT2D eigenvalue weighted by atomic mass is 9.94. The van der Waals surface area contributed by atoms with Gasteiger partial charge in [0.15, 0.2) is 11.5 Å². The molecule has 0 saturated heterocycles. The van der Waals surface area contributed by atoms with Gasteiger partial charge in [-0.05, 0) is 37.5 Å². The molecule has 1 N–H and O–H groups in total. The largest absolute Gasteiger partial charge is 0.481 e. The molecule has 3 rings (SSSR count). The number of carboxylic acid groups (broad SMARTS) is 1. The quantitative estimate of drug-likeness (QED) is 0.836. The number of nitrogens with zero attached hydrogens (tertiary/aromatic N) is 2. The molecule has 2 aromatic rings. The number of rotatable bonds is 5. The second kappa shape index (κ2) is 6.88. The second-order valence-corrected chi connectivity index (χ2v) is 5.82. The number of benzene rings is 1. The van der Waals surface area contributed by atoms with Gasteiger partial charge in [-0.2, -0.15) is 5.10 Å². The summed E-state index contributed by atoms with van der Waals surface area (Å²) in [5.41, 5.74) is 2.44. The maximum atomic E-state index is 12.3. The molecule has 0 amide bonds. The van der Waals surface area contributed by atoms with E-state index in [0.29, 0.717) is 41.8 Å². The maximum absolute atomic E-state index is 12.3. The smallest absolute Gasteiger partial charge is 0.359 e. The van der Waals surface area contributed by atoms with Crippen molar-refractivity contribution in [2.75, 3.05) is 6.61 Å². The summed E-state index contributed by atoms with van der Waals surface area (Å²) in [6.07, 6.45) is 1.67. The lowest BCUT2D eigenvalue weighted by Gasteiger charge is -2.13. The Morgan fingerprint density at radius 1 is 1.24 bits per heavy atom. The molecule has 1 heterocycles. The van der Waals surface area contributed by atoms with E-state index in [1.807, 2.05) is 0 Å². The van der Waals surface area contributed by atoms with Crippen LogP contribution in [-0.2, 0) is 22.4 Å². The monoisotopic (exact) mass is 342 g/mol. The molecule has 25 heavy (non-hydrogen) atoms. The summed E-state index contributed by atoms with van der Waals surface area (Å²) < 4.78 is 6.61. The Morgan fingerprint density at radius 2 is 1.96 bits per heavy atom. The molecule has 130 valence electrons. The van der Waals surface area contributed by atoms with Crippen LogP contribution < -0.4 is 0 Å².